The Hall–Kier alpha value is -2.76. The third-order valence-electron chi connectivity index (χ3n) is 1.80. The number of nitrogens with zero attached hydrogens (tertiary/aromatic N) is 2. The van der Waals surface area contributed by atoms with E-state index in [0.717, 1.165) is 0 Å². The Balaban J connectivity index is 2.92. The molecule has 0 saturated carbocycles. The summed E-state index contributed by atoms with van der Waals surface area (Å²) >= 11 is 0. The number of carboxylic acids is 2. The first-order chi connectivity index (χ1) is 11.1. The van der Waals surface area contributed by atoms with E-state index in [4.69, 9.17) is 18.4 Å². The monoisotopic (exact) mass is 250 g/mol. The topological polar surface area (TPSA) is 100 Å². The Kier molecular flexibility index (Phi) is 1.60. The summed E-state index contributed by atoms with van der Waals surface area (Å²) in [5, 5.41) is 18.0. The van der Waals surface area contributed by atoms with Gasteiger partial charge in [-0.1, -0.05) is 12.1 Å². The number of aromatic nitrogens is 2. The maximum atomic E-state index is 11.1. The van der Waals surface area contributed by atoms with Gasteiger partial charge in [-0.05, 0) is 24.2 Å². The molecular formula is C12H8N2O4. The zero-order chi connectivity index (χ0) is 18.3. The Labute approximate surface area is 110 Å². The molecular weight excluding hydrogens is 236 g/mol. The molecule has 2 aromatic rings. The lowest BCUT2D eigenvalue weighted by Crippen LogP contribution is -2.03. The van der Waals surface area contributed by atoms with Crippen LogP contribution < -0.4 is 0 Å². The van der Waals surface area contributed by atoms with Crippen LogP contribution in [-0.2, 0) is 0 Å². The van der Waals surface area contributed by atoms with Gasteiger partial charge in [-0.3, -0.25) is 0 Å². The number of rotatable bonds is 3. The number of carboxylic acid groups (broad SMARTS) is 2. The molecule has 0 bridgehead atoms. The molecule has 0 aliphatic rings. The molecule has 0 spiro atoms. The Morgan fingerprint density at radius 1 is 0.889 bits per heavy atom. The first-order valence-corrected chi connectivity index (χ1v) is 4.50. The molecule has 0 aliphatic heterocycles. The molecule has 18 heavy (non-hydrogen) atoms. The van der Waals surface area contributed by atoms with Gasteiger partial charge in [0.1, 0.15) is 11.4 Å². The standard InChI is InChI=1S/C12H8N2O4/c15-11(16)9-5-1-3-7(13-9)8-4-2-6-10(14-8)12(17)18/h1-6H,(H,15,16)(H,17,18)/i1D,2D,3D,4D,5D,6D. The van der Waals surface area contributed by atoms with Crippen LogP contribution >= 0.6 is 0 Å². The number of aromatic carboxylic acids is 2. The van der Waals surface area contributed by atoms with Crippen LogP contribution in [0.4, 0.5) is 0 Å². The van der Waals surface area contributed by atoms with Gasteiger partial charge in [0.2, 0.25) is 0 Å². The minimum Gasteiger partial charge on any atom is -0.477 e. The molecule has 0 aromatic carbocycles. The highest BCUT2D eigenvalue weighted by Crippen LogP contribution is 2.15. The van der Waals surface area contributed by atoms with E-state index in [-0.39, 0.29) is 0 Å². The fourth-order valence-electron chi connectivity index (χ4n) is 1.06. The summed E-state index contributed by atoms with van der Waals surface area (Å²) in [5.41, 5.74) is -2.97. The number of hydrogen-bond acceptors (Lipinski definition) is 4. The van der Waals surface area contributed by atoms with Crippen molar-refractivity contribution in [3.8, 4) is 11.4 Å². The lowest BCUT2D eigenvalue weighted by atomic mass is 10.2. The minimum atomic E-state index is -1.65. The second kappa shape index (κ2) is 4.62. The zero-order valence-electron chi connectivity index (χ0n) is 14.6. The van der Waals surface area contributed by atoms with Gasteiger partial charge < -0.3 is 10.2 Å². The van der Waals surface area contributed by atoms with Crippen molar-refractivity contribution in [2.24, 2.45) is 0 Å². The van der Waals surface area contributed by atoms with Crippen molar-refractivity contribution in [1.82, 2.24) is 9.97 Å². The Bertz CT molecular complexity index is 829. The molecule has 2 heterocycles. The Morgan fingerprint density at radius 2 is 1.28 bits per heavy atom. The van der Waals surface area contributed by atoms with E-state index >= 15 is 0 Å². The predicted octanol–water partition coefficient (Wildman–Crippen LogP) is 1.54. The maximum absolute atomic E-state index is 11.1. The van der Waals surface area contributed by atoms with Crippen molar-refractivity contribution in [2.75, 3.05) is 0 Å². The van der Waals surface area contributed by atoms with E-state index in [2.05, 4.69) is 9.97 Å². The van der Waals surface area contributed by atoms with Crippen LogP contribution in [0.5, 0.6) is 0 Å². The van der Waals surface area contributed by atoms with Crippen LogP contribution in [0.3, 0.4) is 0 Å². The van der Waals surface area contributed by atoms with Gasteiger partial charge in [-0.25, -0.2) is 19.6 Å². The van der Waals surface area contributed by atoms with E-state index in [0.29, 0.717) is 0 Å². The van der Waals surface area contributed by atoms with Crippen LogP contribution in [0.25, 0.3) is 11.4 Å². The van der Waals surface area contributed by atoms with Crippen molar-refractivity contribution >= 4 is 11.9 Å². The van der Waals surface area contributed by atoms with Gasteiger partial charge in [-0.15, -0.1) is 0 Å². The normalized spacial score (nSPS) is 14.7. The van der Waals surface area contributed by atoms with Crippen LogP contribution in [0.15, 0.2) is 36.3 Å². The average Bonchev–Trinajstić information content (AvgIpc) is 2.51. The molecule has 0 amide bonds. The molecule has 6 heteroatoms. The SMILES string of the molecule is [2H]c1c(C(=O)O)nc(-c2nc(C(=O)O)c([2H])c([2H])c2[2H])c([2H])c1[2H]. The number of carbonyl (C=O) groups is 2. The van der Waals surface area contributed by atoms with Gasteiger partial charge in [0.25, 0.3) is 0 Å². The number of pyridine rings is 2. The van der Waals surface area contributed by atoms with Crippen molar-refractivity contribution in [3.05, 3.63) is 47.6 Å². The van der Waals surface area contributed by atoms with Crippen molar-refractivity contribution in [3.63, 3.8) is 0 Å². The summed E-state index contributed by atoms with van der Waals surface area (Å²) in [6.45, 7) is 0. The molecule has 2 aromatic heterocycles. The van der Waals surface area contributed by atoms with Gasteiger partial charge in [0.05, 0.1) is 19.6 Å². The number of hydrogen-bond donors (Lipinski definition) is 2. The zero-order valence-corrected chi connectivity index (χ0v) is 8.61. The molecule has 0 unspecified atom stereocenters. The molecule has 2 rings (SSSR count). The van der Waals surface area contributed by atoms with Crippen molar-refractivity contribution in [2.45, 2.75) is 0 Å². The lowest BCUT2D eigenvalue weighted by molar-refractivity contribution is 0.0679. The van der Waals surface area contributed by atoms with Crippen LogP contribution in [0.1, 0.15) is 29.2 Å². The highest BCUT2D eigenvalue weighted by molar-refractivity contribution is 5.87. The van der Waals surface area contributed by atoms with Crippen molar-refractivity contribution in [1.29, 1.82) is 0 Å². The smallest absolute Gasteiger partial charge is 0.354 e. The fourth-order valence-corrected chi connectivity index (χ4v) is 1.06. The molecule has 0 aliphatic carbocycles. The second-order valence-corrected chi connectivity index (χ2v) is 2.98. The van der Waals surface area contributed by atoms with E-state index in [1.54, 1.807) is 0 Å². The van der Waals surface area contributed by atoms with Crippen LogP contribution in [0, 0.1) is 0 Å². The first-order valence-electron chi connectivity index (χ1n) is 7.50. The molecule has 90 valence electrons. The van der Waals surface area contributed by atoms with Gasteiger partial charge in [0.15, 0.2) is 0 Å². The molecule has 0 atom stereocenters. The minimum absolute atomic E-state index is 0.616. The van der Waals surface area contributed by atoms with E-state index in [1.807, 2.05) is 0 Å². The highest BCUT2D eigenvalue weighted by atomic mass is 16.4. The summed E-state index contributed by atoms with van der Waals surface area (Å²) in [6.07, 6.45) is 0. The highest BCUT2D eigenvalue weighted by Gasteiger charge is 2.10. The molecule has 2 N–H and O–H groups in total. The van der Waals surface area contributed by atoms with Crippen molar-refractivity contribution < 1.29 is 28.0 Å². The van der Waals surface area contributed by atoms with Crippen LogP contribution in [-0.4, -0.2) is 32.1 Å². The quantitative estimate of drug-likeness (QED) is 0.856. The third kappa shape index (κ3) is 2.32. The lowest BCUT2D eigenvalue weighted by Gasteiger charge is -2.02. The first kappa shape index (κ1) is 6.25. The second-order valence-electron chi connectivity index (χ2n) is 2.98. The van der Waals surface area contributed by atoms with Crippen LogP contribution in [0.2, 0.25) is 0 Å². The molecule has 0 saturated heterocycles. The summed E-state index contributed by atoms with van der Waals surface area (Å²) in [4.78, 5) is 29.2. The van der Waals surface area contributed by atoms with Gasteiger partial charge in [0, 0.05) is 0 Å². The molecule has 6 nitrogen and oxygen atoms in total. The third-order valence-corrected chi connectivity index (χ3v) is 1.80. The van der Waals surface area contributed by atoms with Gasteiger partial charge >= 0.3 is 11.9 Å². The maximum Gasteiger partial charge on any atom is 0.354 e. The van der Waals surface area contributed by atoms with E-state index < -0.39 is 71.0 Å². The summed E-state index contributed by atoms with van der Waals surface area (Å²) in [5.74, 6) is -3.30. The molecule has 0 radical (unpaired) electrons. The average molecular weight is 250 g/mol. The van der Waals surface area contributed by atoms with E-state index in [1.165, 1.54) is 0 Å². The summed E-state index contributed by atoms with van der Waals surface area (Å²) in [7, 11) is 0. The predicted molar refractivity (Wildman–Crippen MR) is 61.4 cm³/mol. The fraction of sp³-hybridized carbons (Fsp3) is 0. The molecule has 0 fully saturated rings. The van der Waals surface area contributed by atoms with Gasteiger partial charge in [-0.2, -0.15) is 0 Å². The Morgan fingerprint density at radius 3 is 1.61 bits per heavy atom. The van der Waals surface area contributed by atoms with E-state index in [9.17, 15) is 9.59 Å². The summed E-state index contributed by atoms with van der Waals surface area (Å²) in [6, 6.07) is -4.69. The largest absolute Gasteiger partial charge is 0.477 e. The summed E-state index contributed by atoms with van der Waals surface area (Å²) < 4.78 is 45.7.